The van der Waals surface area contributed by atoms with Crippen LogP contribution in [0.3, 0.4) is 0 Å². The van der Waals surface area contributed by atoms with Crippen molar-refractivity contribution in [3.05, 3.63) is 53.7 Å². The first-order chi connectivity index (χ1) is 10.7. The highest BCUT2D eigenvalue weighted by molar-refractivity contribution is 7.19. The third-order valence-corrected chi connectivity index (χ3v) is 4.61. The number of nitrogen functional groups attached to an aromatic ring is 1. The number of hydrogen-bond acceptors (Lipinski definition) is 4. The Morgan fingerprint density at radius 3 is 2.86 bits per heavy atom. The molecule has 3 N–H and O–H groups in total. The average molecular weight is 327 g/mol. The van der Waals surface area contributed by atoms with Crippen LogP contribution in [-0.4, -0.2) is 15.2 Å². The standard InChI is InChI=1S/C16H11ClN4S/c17-12-3-1-2-9(6-12)14-15(22-16(18)20-14)10-4-5-11-8-19-21-13(11)7-10/h1-8H,(H2,18,20)(H,19,21). The lowest BCUT2D eigenvalue weighted by Crippen LogP contribution is -1.84. The molecule has 0 saturated heterocycles. The summed E-state index contributed by atoms with van der Waals surface area (Å²) < 4.78 is 0. The van der Waals surface area contributed by atoms with Gasteiger partial charge in [-0.25, -0.2) is 4.98 Å². The maximum Gasteiger partial charge on any atom is 0.181 e. The van der Waals surface area contributed by atoms with Gasteiger partial charge in [-0.3, -0.25) is 5.10 Å². The Hall–Kier alpha value is -2.37. The Kier molecular flexibility index (Phi) is 3.10. The van der Waals surface area contributed by atoms with Gasteiger partial charge in [0.2, 0.25) is 0 Å². The van der Waals surface area contributed by atoms with Crippen molar-refractivity contribution in [3.63, 3.8) is 0 Å². The number of nitrogens with two attached hydrogens (primary N) is 1. The van der Waals surface area contributed by atoms with Crippen LogP contribution < -0.4 is 5.73 Å². The predicted molar refractivity (Wildman–Crippen MR) is 92.1 cm³/mol. The zero-order valence-corrected chi connectivity index (χ0v) is 12.9. The molecule has 0 saturated carbocycles. The van der Waals surface area contributed by atoms with Crippen LogP contribution in [0.2, 0.25) is 5.02 Å². The van der Waals surface area contributed by atoms with Crippen molar-refractivity contribution in [1.82, 2.24) is 15.2 Å². The lowest BCUT2D eigenvalue weighted by Gasteiger charge is -2.03. The Bertz CT molecular complexity index is 973. The summed E-state index contributed by atoms with van der Waals surface area (Å²) in [4.78, 5) is 5.50. The highest BCUT2D eigenvalue weighted by atomic mass is 35.5. The molecule has 0 spiro atoms. The van der Waals surface area contributed by atoms with Crippen molar-refractivity contribution in [2.75, 3.05) is 5.73 Å². The minimum absolute atomic E-state index is 0.537. The quantitative estimate of drug-likeness (QED) is 0.566. The molecule has 0 aliphatic carbocycles. The van der Waals surface area contributed by atoms with Crippen LogP contribution in [0.25, 0.3) is 32.6 Å². The number of benzene rings is 2. The van der Waals surface area contributed by atoms with Gasteiger partial charge < -0.3 is 5.73 Å². The molecular formula is C16H11ClN4S. The van der Waals surface area contributed by atoms with Crippen molar-refractivity contribution in [2.24, 2.45) is 0 Å². The van der Waals surface area contributed by atoms with Crippen molar-refractivity contribution in [2.45, 2.75) is 0 Å². The summed E-state index contributed by atoms with van der Waals surface area (Å²) in [6.45, 7) is 0. The third-order valence-electron chi connectivity index (χ3n) is 3.45. The maximum absolute atomic E-state index is 6.09. The van der Waals surface area contributed by atoms with Crippen molar-refractivity contribution in [1.29, 1.82) is 0 Å². The second-order valence-corrected chi connectivity index (χ2v) is 6.38. The monoisotopic (exact) mass is 326 g/mol. The first-order valence-electron chi connectivity index (χ1n) is 6.66. The highest BCUT2D eigenvalue weighted by Crippen LogP contribution is 2.39. The Morgan fingerprint density at radius 1 is 1.09 bits per heavy atom. The summed E-state index contributed by atoms with van der Waals surface area (Å²) in [6.07, 6.45) is 1.80. The molecule has 0 atom stereocenters. The maximum atomic E-state index is 6.09. The van der Waals surface area contributed by atoms with E-state index in [0.29, 0.717) is 10.2 Å². The van der Waals surface area contributed by atoms with Gasteiger partial charge in [-0.15, -0.1) is 0 Å². The lowest BCUT2D eigenvalue weighted by atomic mass is 10.1. The summed E-state index contributed by atoms with van der Waals surface area (Å²) in [5, 5.41) is 9.33. The zero-order chi connectivity index (χ0) is 15.1. The molecule has 0 aliphatic heterocycles. The number of anilines is 1. The summed E-state index contributed by atoms with van der Waals surface area (Å²) in [5.41, 5.74) is 9.79. The van der Waals surface area contributed by atoms with Crippen molar-refractivity contribution in [3.8, 4) is 21.7 Å². The molecule has 4 nitrogen and oxygen atoms in total. The van der Waals surface area contributed by atoms with E-state index in [4.69, 9.17) is 17.3 Å². The third kappa shape index (κ3) is 2.24. The number of fused-ring (bicyclic) bond motifs is 1. The molecule has 0 aliphatic rings. The summed E-state index contributed by atoms with van der Waals surface area (Å²) in [6, 6.07) is 13.8. The Balaban J connectivity index is 1.91. The van der Waals surface area contributed by atoms with E-state index in [2.05, 4.69) is 27.3 Å². The number of thiazole rings is 1. The average Bonchev–Trinajstić information content (AvgIpc) is 3.12. The number of nitrogens with zero attached hydrogens (tertiary/aromatic N) is 2. The molecule has 2 aromatic carbocycles. The van der Waals surface area contributed by atoms with Crippen LogP contribution in [0, 0.1) is 0 Å². The normalized spacial score (nSPS) is 11.1. The molecule has 0 radical (unpaired) electrons. The molecule has 2 heterocycles. The van der Waals surface area contributed by atoms with Crippen LogP contribution in [0.5, 0.6) is 0 Å². The van der Waals surface area contributed by atoms with E-state index in [1.165, 1.54) is 11.3 Å². The number of aromatic amines is 1. The number of hydrogen-bond donors (Lipinski definition) is 2. The molecule has 108 valence electrons. The molecule has 6 heteroatoms. The van der Waals surface area contributed by atoms with Crippen LogP contribution in [0.4, 0.5) is 5.13 Å². The van der Waals surface area contributed by atoms with Gasteiger partial charge in [-0.2, -0.15) is 5.10 Å². The molecule has 4 aromatic rings. The van der Waals surface area contributed by atoms with Crippen LogP contribution >= 0.6 is 22.9 Å². The second-order valence-electron chi connectivity index (χ2n) is 4.91. The molecule has 0 unspecified atom stereocenters. The second kappa shape index (κ2) is 5.12. The van der Waals surface area contributed by atoms with E-state index in [1.54, 1.807) is 6.20 Å². The van der Waals surface area contributed by atoms with E-state index in [9.17, 15) is 0 Å². The topological polar surface area (TPSA) is 67.6 Å². The van der Waals surface area contributed by atoms with Gasteiger partial charge in [0.1, 0.15) is 0 Å². The molecular weight excluding hydrogens is 316 g/mol. The van der Waals surface area contributed by atoms with Gasteiger partial charge in [-0.1, -0.05) is 47.2 Å². The molecule has 2 aromatic heterocycles. The van der Waals surface area contributed by atoms with Gasteiger partial charge in [-0.05, 0) is 23.8 Å². The SMILES string of the molecule is Nc1nc(-c2cccc(Cl)c2)c(-c2ccc3cn[nH]c3c2)s1. The van der Waals surface area contributed by atoms with E-state index in [0.717, 1.165) is 32.6 Å². The van der Waals surface area contributed by atoms with Gasteiger partial charge in [0.05, 0.1) is 22.3 Å². The fourth-order valence-electron chi connectivity index (χ4n) is 2.44. The molecule has 22 heavy (non-hydrogen) atoms. The predicted octanol–water partition coefficient (Wildman–Crippen LogP) is 4.59. The number of aromatic nitrogens is 3. The van der Waals surface area contributed by atoms with E-state index in [-0.39, 0.29) is 0 Å². The van der Waals surface area contributed by atoms with Gasteiger partial charge in [0.15, 0.2) is 5.13 Å². The number of halogens is 1. The Morgan fingerprint density at radius 2 is 2.00 bits per heavy atom. The Labute approximate surface area is 135 Å². The van der Waals surface area contributed by atoms with Gasteiger partial charge >= 0.3 is 0 Å². The largest absolute Gasteiger partial charge is 0.375 e. The summed E-state index contributed by atoms with van der Waals surface area (Å²) >= 11 is 7.56. The van der Waals surface area contributed by atoms with E-state index in [1.807, 2.05) is 30.3 Å². The van der Waals surface area contributed by atoms with E-state index < -0.39 is 0 Å². The number of rotatable bonds is 2. The van der Waals surface area contributed by atoms with Crippen LogP contribution in [0.15, 0.2) is 48.7 Å². The fraction of sp³-hybridized carbons (Fsp3) is 0. The summed E-state index contributed by atoms with van der Waals surface area (Å²) in [5.74, 6) is 0. The highest BCUT2D eigenvalue weighted by Gasteiger charge is 2.14. The first-order valence-corrected chi connectivity index (χ1v) is 7.86. The van der Waals surface area contributed by atoms with Gasteiger partial charge in [0.25, 0.3) is 0 Å². The fourth-order valence-corrected chi connectivity index (χ4v) is 3.48. The van der Waals surface area contributed by atoms with Crippen molar-refractivity contribution >= 4 is 39.0 Å². The van der Waals surface area contributed by atoms with Crippen LogP contribution in [0.1, 0.15) is 0 Å². The molecule has 0 amide bonds. The molecule has 4 rings (SSSR count). The molecule has 0 bridgehead atoms. The lowest BCUT2D eigenvalue weighted by molar-refractivity contribution is 1.12. The number of nitrogens with one attached hydrogen (secondary N) is 1. The van der Waals surface area contributed by atoms with Crippen molar-refractivity contribution < 1.29 is 0 Å². The first kappa shape index (κ1) is 13.3. The summed E-state index contributed by atoms with van der Waals surface area (Å²) in [7, 11) is 0. The number of H-pyrrole nitrogens is 1. The van der Waals surface area contributed by atoms with Crippen LogP contribution in [-0.2, 0) is 0 Å². The van der Waals surface area contributed by atoms with Gasteiger partial charge in [0, 0.05) is 16.0 Å². The smallest absolute Gasteiger partial charge is 0.181 e. The molecule has 0 fully saturated rings. The zero-order valence-electron chi connectivity index (χ0n) is 11.4. The minimum atomic E-state index is 0.537. The minimum Gasteiger partial charge on any atom is -0.375 e. The van der Waals surface area contributed by atoms with E-state index >= 15 is 0 Å².